The van der Waals surface area contributed by atoms with Crippen LogP contribution in [0.5, 0.6) is 0 Å². The van der Waals surface area contributed by atoms with E-state index in [1.54, 1.807) is 24.3 Å². The number of carbonyl (C=O) groups excluding carboxylic acids is 1. The maximum absolute atomic E-state index is 12.1. The van der Waals surface area contributed by atoms with E-state index in [-0.39, 0.29) is 5.91 Å². The van der Waals surface area contributed by atoms with Crippen LogP contribution in [0.3, 0.4) is 0 Å². The van der Waals surface area contributed by atoms with Crippen LogP contribution in [0.15, 0.2) is 42.5 Å². The van der Waals surface area contributed by atoms with Crippen LogP contribution in [0.25, 0.3) is 10.2 Å². The number of fused-ring (bicyclic) bond motifs is 1. The molecule has 3 nitrogen and oxygen atoms in total. The van der Waals surface area contributed by atoms with Gasteiger partial charge in [-0.1, -0.05) is 41.1 Å². The van der Waals surface area contributed by atoms with E-state index in [1.165, 1.54) is 16.9 Å². The van der Waals surface area contributed by atoms with Gasteiger partial charge < -0.3 is 0 Å². The van der Waals surface area contributed by atoms with Crippen molar-refractivity contribution in [2.45, 2.75) is 6.92 Å². The number of aromatic nitrogens is 1. The lowest BCUT2D eigenvalue weighted by atomic mass is 10.2. The highest BCUT2D eigenvalue weighted by molar-refractivity contribution is 7.22. The molecule has 0 aliphatic rings. The van der Waals surface area contributed by atoms with Crippen molar-refractivity contribution < 1.29 is 4.79 Å². The van der Waals surface area contributed by atoms with Gasteiger partial charge >= 0.3 is 0 Å². The molecule has 0 saturated heterocycles. The van der Waals surface area contributed by atoms with Gasteiger partial charge in [-0.25, -0.2) is 4.98 Å². The van der Waals surface area contributed by atoms with E-state index in [9.17, 15) is 4.79 Å². The van der Waals surface area contributed by atoms with E-state index < -0.39 is 0 Å². The molecule has 0 aliphatic carbocycles. The van der Waals surface area contributed by atoms with Gasteiger partial charge in [-0.15, -0.1) is 0 Å². The number of hydrogen-bond donors (Lipinski definition) is 1. The fourth-order valence-corrected chi connectivity index (χ4v) is 3.08. The van der Waals surface area contributed by atoms with Crippen molar-refractivity contribution >= 4 is 44.2 Å². The highest BCUT2D eigenvalue weighted by Gasteiger charge is 2.12. The van der Waals surface area contributed by atoms with E-state index in [4.69, 9.17) is 11.6 Å². The van der Waals surface area contributed by atoms with Crippen molar-refractivity contribution in [1.29, 1.82) is 0 Å². The smallest absolute Gasteiger partial charge is 0.258 e. The molecule has 2 aromatic carbocycles. The number of nitrogens with zero attached hydrogens (tertiary/aromatic N) is 1. The summed E-state index contributed by atoms with van der Waals surface area (Å²) in [5.74, 6) is -0.244. The molecule has 5 heteroatoms. The number of nitrogens with one attached hydrogen (secondary N) is 1. The predicted octanol–water partition coefficient (Wildman–Crippen LogP) is 4.51. The van der Waals surface area contributed by atoms with Crippen LogP contribution >= 0.6 is 22.9 Å². The maximum Gasteiger partial charge on any atom is 0.258 e. The van der Waals surface area contributed by atoms with Crippen molar-refractivity contribution in [2.75, 3.05) is 5.32 Å². The number of thiazole rings is 1. The number of aryl methyl sites for hydroxylation is 1. The molecule has 1 heterocycles. The number of halogens is 1. The predicted molar refractivity (Wildman–Crippen MR) is 83.8 cm³/mol. The molecule has 3 rings (SSSR count). The van der Waals surface area contributed by atoms with Crippen molar-refractivity contribution in [3.8, 4) is 0 Å². The highest BCUT2D eigenvalue weighted by Crippen LogP contribution is 2.27. The molecular formula is C15H11ClN2OS. The van der Waals surface area contributed by atoms with Gasteiger partial charge in [0.15, 0.2) is 5.13 Å². The Labute approximate surface area is 125 Å². The van der Waals surface area contributed by atoms with Gasteiger partial charge in [0.05, 0.1) is 20.8 Å². The lowest BCUT2D eigenvalue weighted by Crippen LogP contribution is -2.11. The molecule has 0 fully saturated rings. The minimum absolute atomic E-state index is 0.244. The fraction of sp³-hybridized carbons (Fsp3) is 0.0667. The summed E-state index contributed by atoms with van der Waals surface area (Å²) < 4.78 is 1.06. The Hall–Kier alpha value is -1.91. The van der Waals surface area contributed by atoms with Gasteiger partial charge in [0.2, 0.25) is 0 Å². The van der Waals surface area contributed by atoms with E-state index in [0.717, 1.165) is 10.2 Å². The average molecular weight is 303 g/mol. The number of hydrogen-bond acceptors (Lipinski definition) is 3. The zero-order chi connectivity index (χ0) is 14.1. The van der Waals surface area contributed by atoms with Gasteiger partial charge in [-0.2, -0.15) is 0 Å². The summed E-state index contributed by atoms with van der Waals surface area (Å²) in [6.45, 7) is 2.03. The van der Waals surface area contributed by atoms with Crippen molar-refractivity contribution in [3.63, 3.8) is 0 Å². The first-order valence-corrected chi connectivity index (χ1v) is 7.26. The van der Waals surface area contributed by atoms with Gasteiger partial charge in [-0.05, 0) is 36.8 Å². The van der Waals surface area contributed by atoms with E-state index >= 15 is 0 Å². The zero-order valence-electron chi connectivity index (χ0n) is 10.7. The van der Waals surface area contributed by atoms with Crippen LogP contribution in [-0.4, -0.2) is 10.9 Å². The SMILES string of the molecule is Cc1ccc2nc(NC(=O)c3ccccc3Cl)sc2c1. The summed E-state index contributed by atoms with van der Waals surface area (Å²) in [6, 6.07) is 13.0. The molecule has 0 saturated carbocycles. The average Bonchev–Trinajstić information content (AvgIpc) is 2.80. The lowest BCUT2D eigenvalue weighted by molar-refractivity contribution is 0.102. The Morgan fingerprint density at radius 2 is 2.05 bits per heavy atom. The van der Waals surface area contributed by atoms with Crippen molar-refractivity contribution in [3.05, 3.63) is 58.6 Å². The quantitative estimate of drug-likeness (QED) is 0.756. The second kappa shape index (κ2) is 5.23. The molecule has 100 valence electrons. The topological polar surface area (TPSA) is 42.0 Å². The van der Waals surface area contributed by atoms with Gasteiger partial charge in [0, 0.05) is 0 Å². The minimum Gasteiger partial charge on any atom is -0.298 e. The third kappa shape index (κ3) is 2.53. The fourth-order valence-electron chi connectivity index (χ4n) is 1.90. The molecule has 0 spiro atoms. The summed E-state index contributed by atoms with van der Waals surface area (Å²) >= 11 is 7.46. The number of amides is 1. The molecular weight excluding hydrogens is 292 g/mol. The summed E-state index contributed by atoms with van der Waals surface area (Å²) in [5, 5.41) is 3.80. The van der Waals surface area contributed by atoms with Gasteiger partial charge in [0.25, 0.3) is 5.91 Å². The second-order valence-corrected chi connectivity index (χ2v) is 5.86. The molecule has 0 aliphatic heterocycles. The minimum atomic E-state index is -0.244. The molecule has 1 aromatic heterocycles. The molecule has 20 heavy (non-hydrogen) atoms. The monoisotopic (exact) mass is 302 g/mol. The number of benzene rings is 2. The summed E-state index contributed by atoms with van der Waals surface area (Å²) in [7, 11) is 0. The molecule has 0 bridgehead atoms. The second-order valence-electron chi connectivity index (χ2n) is 4.42. The Morgan fingerprint density at radius 3 is 2.85 bits per heavy atom. The number of rotatable bonds is 2. The van der Waals surface area contributed by atoms with E-state index in [2.05, 4.69) is 16.4 Å². The van der Waals surface area contributed by atoms with Crippen LogP contribution in [0.1, 0.15) is 15.9 Å². The van der Waals surface area contributed by atoms with Crippen LogP contribution in [0, 0.1) is 6.92 Å². The van der Waals surface area contributed by atoms with Gasteiger partial charge in [-0.3, -0.25) is 10.1 Å². The van der Waals surface area contributed by atoms with Crippen LogP contribution < -0.4 is 5.32 Å². The molecule has 0 atom stereocenters. The van der Waals surface area contributed by atoms with Crippen LogP contribution in [-0.2, 0) is 0 Å². The highest BCUT2D eigenvalue weighted by atomic mass is 35.5. The van der Waals surface area contributed by atoms with Gasteiger partial charge in [0.1, 0.15) is 0 Å². The molecule has 0 unspecified atom stereocenters. The normalized spacial score (nSPS) is 10.7. The Balaban J connectivity index is 1.89. The van der Waals surface area contributed by atoms with Crippen molar-refractivity contribution in [2.24, 2.45) is 0 Å². The largest absolute Gasteiger partial charge is 0.298 e. The Morgan fingerprint density at radius 1 is 1.25 bits per heavy atom. The lowest BCUT2D eigenvalue weighted by Gasteiger charge is -2.02. The third-order valence-corrected chi connectivity index (χ3v) is 4.15. The summed E-state index contributed by atoms with van der Waals surface area (Å²) in [4.78, 5) is 16.5. The van der Waals surface area contributed by atoms with E-state index in [1.807, 2.05) is 19.1 Å². The third-order valence-electron chi connectivity index (χ3n) is 2.88. The Bertz CT molecular complexity index is 797. The first-order chi connectivity index (χ1) is 9.63. The number of carbonyl (C=O) groups is 1. The van der Waals surface area contributed by atoms with Crippen molar-refractivity contribution in [1.82, 2.24) is 4.98 Å². The molecule has 1 amide bonds. The molecule has 3 aromatic rings. The Kier molecular flexibility index (Phi) is 3.42. The first kappa shape index (κ1) is 13.1. The zero-order valence-corrected chi connectivity index (χ0v) is 12.3. The van der Waals surface area contributed by atoms with Crippen LogP contribution in [0.2, 0.25) is 5.02 Å². The summed E-state index contributed by atoms with van der Waals surface area (Å²) in [5.41, 5.74) is 2.50. The first-order valence-electron chi connectivity index (χ1n) is 6.06. The number of anilines is 1. The maximum atomic E-state index is 12.1. The standard InChI is InChI=1S/C15H11ClN2OS/c1-9-6-7-12-13(8-9)20-15(17-12)18-14(19)10-4-2-3-5-11(10)16/h2-8H,1H3,(H,17,18,19). The molecule has 0 radical (unpaired) electrons. The summed E-state index contributed by atoms with van der Waals surface area (Å²) in [6.07, 6.45) is 0. The van der Waals surface area contributed by atoms with Crippen LogP contribution in [0.4, 0.5) is 5.13 Å². The molecule has 1 N–H and O–H groups in total. The van der Waals surface area contributed by atoms with E-state index in [0.29, 0.717) is 15.7 Å².